The maximum Gasteiger partial charge on any atom is 0.0889 e. The minimum absolute atomic E-state index is 0.183. The van der Waals surface area contributed by atoms with Crippen molar-refractivity contribution in [1.29, 1.82) is 0 Å². The van der Waals surface area contributed by atoms with Gasteiger partial charge in [-0.1, -0.05) is 13.3 Å². The molecule has 0 saturated heterocycles. The van der Waals surface area contributed by atoms with Gasteiger partial charge in [-0.3, -0.25) is 0 Å². The van der Waals surface area contributed by atoms with Crippen LogP contribution in [0, 0.1) is 0 Å². The SMILES string of the molecule is CCCC(O)(CO)CCN. The van der Waals surface area contributed by atoms with Crippen molar-refractivity contribution >= 4 is 0 Å². The van der Waals surface area contributed by atoms with Gasteiger partial charge in [0.15, 0.2) is 0 Å². The van der Waals surface area contributed by atoms with Gasteiger partial charge in [-0.15, -0.1) is 0 Å². The molecule has 0 aromatic carbocycles. The second-order valence-corrected chi connectivity index (χ2v) is 2.67. The van der Waals surface area contributed by atoms with Crippen molar-refractivity contribution in [2.75, 3.05) is 13.2 Å². The highest BCUT2D eigenvalue weighted by molar-refractivity contribution is 4.76. The average molecular weight is 147 g/mol. The van der Waals surface area contributed by atoms with Gasteiger partial charge in [0.1, 0.15) is 0 Å². The molecule has 0 rings (SSSR count). The molecule has 0 spiro atoms. The van der Waals surface area contributed by atoms with E-state index in [1.807, 2.05) is 6.92 Å². The molecule has 0 aliphatic heterocycles. The molecule has 0 fully saturated rings. The van der Waals surface area contributed by atoms with E-state index >= 15 is 0 Å². The molecule has 1 unspecified atom stereocenters. The average Bonchev–Trinajstić information content (AvgIpc) is 1.89. The summed E-state index contributed by atoms with van der Waals surface area (Å²) in [6, 6.07) is 0. The summed E-state index contributed by atoms with van der Waals surface area (Å²) in [6.45, 7) is 2.21. The lowest BCUT2D eigenvalue weighted by Gasteiger charge is -2.24. The van der Waals surface area contributed by atoms with Crippen LogP contribution in [-0.4, -0.2) is 29.0 Å². The van der Waals surface area contributed by atoms with Gasteiger partial charge >= 0.3 is 0 Å². The maximum absolute atomic E-state index is 9.49. The van der Waals surface area contributed by atoms with Crippen molar-refractivity contribution in [2.45, 2.75) is 31.8 Å². The molecule has 0 aromatic rings. The van der Waals surface area contributed by atoms with Crippen molar-refractivity contribution in [2.24, 2.45) is 5.73 Å². The number of aliphatic hydroxyl groups excluding tert-OH is 1. The highest BCUT2D eigenvalue weighted by atomic mass is 16.3. The lowest BCUT2D eigenvalue weighted by Crippen LogP contribution is -2.35. The first-order valence-corrected chi connectivity index (χ1v) is 3.72. The molecule has 0 amide bonds. The van der Waals surface area contributed by atoms with Crippen molar-refractivity contribution in [3.05, 3.63) is 0 Å². The summed E-state index contributed by atoms with van der Waals surface area (Å²) in [5.74, 6) is 0. The van der Waals surface area contributed by atoms with Crippen molar-refractivity contribution < 1.29 is 10.2 Å². The zero-order valence-electron chi connectivity index (χ0n) is 6.51. The van der Waals surface area contributed by atoms with Crippen LogP contribution in [0.15, 0.2) is 0 Å². The Balaban J connectivity index is 3.69. The molecular formula is C7H17NO2. The Morgan fingerprint density at radius 1 is 1.40 bits per heavy atom. The number of rotatable bonds is 5. The van der Waals surface area contributed by atoms with E-state index in [4.69, 9.17) is 10.8 Å². The molecule has 0 bridgehead atoms. The van der Waals surface area contributed by atoms with Gasteiger partial charge in [0.05, 0.1) is 12.2 Å². The lowest BCUT2D eigenvalue weighted by molar-refractivity contribution is -0.0263. The molecule has 1 atom stereocenters. The van der Waals surface area contributed by atoms with E-state index in [-0.39, 0.29) is 6.61 Å². The third-order valence-electron chi connectivity index (χ3n) is 1.62. The standard InChI is InChI=1S/C7H17NO2/c1-2-3-7(10,6-9)4-5-8/h9-10H,2-6,8H2,1H3. The number of hydrogen-bond acceptors (Lipinski definition) is 3. The summed E-state index contributed by atoms with van der Waals surface area (Å²) in [5, 5.41) is 18.2. The van der Waals surface area contributed by atoms with E-state index in [1.54, 1.807) is 0 Å². The Labute approximate surface area is 61.9 Å². The largest absolute Gasteiger partial charge is 0.393 e. The third kappa shape index (κ3) is 3.15. The van der Waals surface area contributed by atoms with Crippen LogP contribution in [0.25, 0.3) is 0 Å². The highest BCUT2D eigenvalue weighted by Gasteiger charge is 2.22. The molecule has 3 nitrogen and oxygen atoms in total. The summed E-state index contributed by atoms with van der Waals surface area (Å²) in [7, 11) is 0. The minimum atomic E-state index is -0.927. The molecule has 0 aliphatic rings. The molecule has 0 radical (unpaired) electrons. The first-order valence-electron chi connectivity index (χ1n) is 3.72. The molecule has 0 aromatic heterocycles. The third-order valence-corrected chi connectivity index (χ3v) is 1.62. The van der Waals surface area contributed by atoms with E-state index in [0.29, 0.717) is 19.4 Å². The molecule has 4 N–H and O–H groups in total. The summed E-state index contributed by atoms with van der Waals surface area (Å²) in [5.41, 5.74) is 4.32. The Kier molecular flexibility index (Phi) is 4.60. The monoisotopic (exact) mass is 147 g/mol. The predicted molar refractivity (Wildman–Crippen MR) is 40.6 cm³/mol. The second kappa shape index (κ2) is 4.66. The van der Waals surface area contributed by atoms with Gasteiger partial charge in [-0.2, -0.15) is 0 Å². The van der Waals surface area contributed by atoms with Gasteiger partial charge in [0.2, 0.25) is 0 Å². The summed E-state index contributed by atoms with van der Waals surface area (Å²) in [6.07, 6.45) is 1.98. The summed E-state index contributed by atoms with van der Waals surface area (Å²) >= 11 is 0. The predicted octanol–water partition coefficient (Wildman–Crippen LogP) is -0.141. The van der Waals surface area contributed by atoms with Gasteiger partial charge in [-0.05, 0) is 19.4 Å². The minimum Gasteiger partial charge on any atom is -0.393 e. The van der Waals surface area contributed by atoms with Crippen LogP contribution in [0.4, 0.5) is 0 Å². The number of aliphatic hydroxyl groups is 2. The number of hydrogen-bond donors (Lipinski definition) is 3. The Morgan fingerprint density at radius 3 is 2.30 bits per heavy atom. The fourth-order valence-electron chi connectivity index (χ4n) is 1.02. The number of nitrogens with two attached hydrogens (primary N) is 1. The topological polar surface area (TPSA) is 66.5 Å². The van der Waals surface area contributed by atoms with Crippen LogP contribution in [0.5, 0.6) is 0 Å². The van der Waals surface area contributed by atoms with Crippen LogP contribution >= 0.6 is 0 Å². The van der Waals surface area contributed by atoms with Crippen LogP contribution in [-0.2, 0) is 0 Å². The van der Waals surface area contributed by atoms with Gasteiger partial charge in [0.25, 0.3) is 0 Å². The molecule has 0 heterocycles. The summed E-state index contributed by atoms with van der Waals surface area (Å²) < 4.78 is 0. The molecule has 0 aliphatic carbocycles. The van der Waals surface area contributed by atoms with Crippen LogP contribution in [0.2, 0.25) is 0 Å². The molecular weight excluding hydrogens is 130 g/mol. The quantitative estimate of drug-likeness (QED) is 0.507. The zero-order valence-corrected chi connectivity index (χ0v) is 6.51. The van der Waals surface area contributed by atoms with Crippen LogP contribution < -0.4 is 5.73 Å². The van der Waals surface area contributed by atoms with E-state index in [0.717, 1.165) is 6.42 Å². The Morgan fingerprint density at radius 2 is 2.00 bits per heavy atom. The normalized spacial score (nSPS) is 16.8. The fraction of sp³-hybridized carbons (Fsp3) is 1.00. The second-order valence-electron chi connectivity index (χ2n) is 2.67. The molecule has 0 saturated carbocycles. The Hall–Kier alpha value is -0.120. The fourth-order valence-corrected chi connectivity index (χ4v) is 1.02. The van der Waals surface area contributed by atoms with Crippen LogP contribution in [0.3, 0.4) is 0 Å². The van der Waals surface area contributed by atoms with Gasteiger partial charge in [0, 0.05) is 0 Å². The molecule has 3 heteroatoms. The Bertz CT molecular complexity index is 79.7. The van der Waals surface area contributed by atoms with Crippen molar-refractivity contribution in [3.63, 3.8) is 0 Å². The lowest BCUT2D eigenvalue weighted by atomic mass is 9.95. The van der Waals surface area contributed by atoms with Crippen LogP contribution in [0.1, 0.15) is 26.2 Å². The molecule has 10 heavy (non-hydrogen) atoms. The van der Waals surface area contributed by atoms with Gasteiger partial charge in [-0.25, -0.2) is 0 Å². The molecule has 62 valence electrons. The maximum atomic E-state index is 9.49. The zero-order chi connectivity index (χ0) is 8.04. The highest BCUT2D eigenvalue weighted by Crippen LogP contribution is 2.15. The van der Waals surface area contributed by atoms with E-state index in [2.05, 4.69) is 0 Å². The van der Waals surface area contributed by atoms with E-state index in [9.17, 15) is 5.11 Å². The van der Waals surface area contributed by atoms with Gasteiger partial charge < -0.3 is 15.9 Å². The smallest absolute Gasteiger partial charge is 0.0889 e. The summed E-state index contributed by atoms with van der Waals surface area (Å²) in [4.78, 5) is 0. The van der Waals surface area contributed by atoms with Crippen molar-refractivity contribution in [3.8, 4) is 0 Å². The van der Waals surface area contributed by atoms with Crippen molar-refractivity contribution in [1.82, 2.24) is 0 Å². The van der Waals surface area contributed by atoms with E-state index in [1.165, 1.54) is 0 Å². The first-order chi connectivity index (χ1) is 4.68. The van der Waals surface area contributed by atoms with E-state index < -0.39 is 5.60 Å². The first kappa shape index (κ1) is 9.88.